The molecule has 1 fully saturated rings. The van der Waals surface area contributed by atoms with Gasteiger partial charge in [0.2, 0.25) is 0 Å². The summed E-state index contributed by atoms with van der Waals surface area (Å²) in [6, 6.07) is 0. The largest absolute Gasteiger partial charge is 1.00 e. The summed E-state index contributed by atoms with van der Waals surface area (Å²) in [5.74, 6) is 0.755. The number of ether oxygens (including phenoxy) is 2. The van der Waals surface area contributed by atoms with Gasteiger partial charge in [-0.05, 0) is 49.0 Å². The van der Waals surface area contributed by atoms with Crippen LogP contribution in [-0.2, 0) is 19.1 Å². The molecule has 0 amide bonds. The van der Waals surface area contributed by atoms with Crippen LogP contribution in [0.15, 0.2) is 23.8 Å². The number of hydrogen-bond donors (Lipinski definition) is 1. The molecule has 0 bridgehead atoms. The van der Waals surface area contributed by atoms with Crippen molar-refractivity contribution < 1.29 is 77.0 Å². The zero-order chi connectivity index (χ0) is 21.1. The van der Waals surface area contributed by atoms with Crippen LogP contribution in [0, 0.1) is 29.6 Å². The Morgan fingerprint density at radius 1 is 1.33 bits per heavy atom. The van der Waals surface area contributed by atoms with E-state index >= 15 is 0 Å². The predicted octanol–water partition coefficient (Wildman–Crippen LogP) is 1.31. The third-order valence-corrected chi connectivity index (χ3v) is 6.93. The molecular weight excluding hydrogens is 407 g/mol. The Bertz CT molecular complexity index is 679. The summed E-state index contributed by atoms with van der Waals surface area (Å²) in [6.45, 7) is 8.33. The Morgan fingerprint density at radius 2 is 2.07 bits per heavy atom. The van der Waals surface area contributed by atoms with Crippen LogP contribution in [0.25, 0.3) is 0 Å². The average molecular weight is 445 g/mol. The molecule has 0 radical (unpaired) electrons. The van der Waals surface area contributed by atoms with E-state index in [1.807, 2.05) is 13.8 Å². The number of allylic oxidation sites excluding steroid dienone is 3. The molecule has 3 aliphatic rings. The van der Waals surface area contributed by atoms with Crippen molar-refractivity contribution in [3.8, 4) is 0 Å². The fraction of sp³-hybridized carbons (Fsp3) is 0.750. The SMILES string of the molecule is CC[C@H](C)C(=O)O[C@H]1C[C@@H](C)C=C2C=C[C@H](C)[C@H](CC[C@H]3C[C@@H](O)CC(=O)O3)[C@H]21.[H-].[K+]. The van der Waals surface area contributed by atoms with Crippen LogP contribution in [0.4, 0.5) is 0 Å². The molecule has 0 spiro atoms. The Balaban J connectivity index is 0.00000240. The van der Waals surface area contributed by atoms with Crippen molar-refractivity contribution in [1.82, 2.24) is 0 Å². The molecule has 3 rings (SSSR count). The van der Waals surface area contributed by atoms with E-state index in [-0.39, 0.29) is 95.2 Å². The van der Waals surface area contributed by atoms with E-state index in [1.165, 1.54) is 5.57 Å². The summed E-state index contributed by atoms with van der Waals surface area (Å²) in [6.07, 6.45) is 9.70. The van der Waals surface area contributed by atoms with E-state index in [0.29, 0.717) is 24.2 Å². The van der Waals surface area contributed by atoms with Gasteiger partial charge in [0.15, 0.2) is 0 Å². The second-order valence-electron chi connectivity index (χ2n) is 9.36. The van der Waals surface area contributed by atoms with Gasteiger partial charge in [-0.15, -0.1) is 0 Å². The van der Waals surface area contributed by atoms with Gasteiger partial charge in [0, 0.05) is 12.3 Å². The summed E-state index contributed by atoms with van der Waals surface area (Å²) < 4.78 is 11.5. The van der Waals surface area contributed by atoms with Crippen LogP contribution in [0.5, 0.6) is 0 Å². The zero-order valence-electron chi connectivity index (χ0n) is 20.2. The number of hydrogen-bond acceptors (Lipinski definition) is 5. The van der Waals surface area contributed by atoms with Gasteiger partial charge in [-0.3, -0.25) is 9.59 Å². The number of carbonyl (C=O) groups excluding carboxylic acids is 2. The molecule has 30 heavy (non-hydrogen) atoms. The second kappa shape index (κ2) is 11.8. The first-order chi connectivity index (χ1) is 13.8. The third kappa shape index (κ3) is 6.52. The number of rotatable bonds is 6. The molecule has 0 aromatic rings. The van der Waals surface area contributed by atoms with E-state index in [2.05, 4.69) is 32.1 Å². The molecule has 1 N–H and O–H groups in total. The number of carbonyl (C=O) groups is 2. The van der Waals surface area contributed by atoms with Crippen molar-refractivity contribution in [1.29, 1.82) is 0 Å². The Labute approximate surface area is 224 Å². The number of fused-ring (bicyclic) bond motifs is 1. The van der Waals surface area contributed by atoms with Gasteiger partial charge in [0.25, 0.3) is 0 Å². The summed E-state index contributed by atoms with van der Waals surface area (Å²) in [4.78, 5) is 24.2. The van der Waals surface area contributed by atoms with E-state index in [4.69, 9.17) is 9.47 Å². The standard InChI is InChI=1S/C24H36O5.K.H/c1-5-15(3)24(27)29-21-11-14(2)10-17-7-6-16(4)20(23(17)21)9-8-19-12-18(25)13-22(26)28-19;;/h6-7,10,14-16,18-21,23,25H,5,8-9,11-13H2,1-4H3;;/q;+1;-1/t14-,15-,16-,18+,19-,20-,21-,23-;;/m0../s1. The maximum Gasteiger partial charge on any atom is 1.00 e. The Kier molecular flexibility index (Phi) is 10.3. The van der Waals surface area contributed by atoms with Crippen molar-refractivity contribution in [2.24, 2.45) is 29.6 Å². The van der Waals surface area contributed by atoms with Gasteiger partial charge >= 0.3 is 63.3 Å². The maximum absolute atomic E-state index is 12.5. The monoisotopic (exact) mass is 444 g/mol. The summed E-state index contributed by atoms with van der Waals surface area (Å²) >= 11 is 0. The van der Waals surface area contributed by atoms with Crippen LogP contribution in [0.3, 0.4) is 0 Å². The predicted molar refractivity (Wildman–Crippen MR) is 112 cm³/mol. The maximum atomic E-state index is 12.5. The minimum Gasteiger partial charge on any atom is -1.00 e. The number of cyclic esters (lactones) is 1. The first-order valence-corrected chi connectivity index (χ1v) is 11.3. The van der Waals surface area contributed by atoms with Gasteiger partial charge in [0.1, 0.15) is 12.2 Å². The molecular formula is C24H37KO5. The molecule has 0 aromatic carbocycles. The van der Waals surface area contributed by atoms with Crippen molar-refractivity contribution in [2.75, 3.05) is 0 Å². The number of esters is 2. The fourth-order valence-corrected chi connectivity index (χ4v) is 5.07. The van der Waals surface area contributed by atoms with E-state index < -0.39 is 6.10 Å². The minimum atomic E-state index is -0.597. The van der Waals surface area contributed by atoms with Crippen molar-refractivity contribution >= 4 is 11.9 Å². The van der Waals surface area contributed by atoms with E-state index in [9.17, 15) is 14.7 Å². The first-order valence-electron chi connectivity index (χ1n) is 11.3. The summed E-state index contributed by atoms with van der Waals surface area (Å²) in [7, 11) is 0. The van der Waals surface area contributed by atoms with Crippen molar-refractivity contribution in [3.63, 3.8) is 0 Å². The molecule has 1 saturated heterocycles. The smallest absolute Gasteiger partial charge is 1.00 e. The zero-order valence-corrected chi connectivity index (χ0v) is 22.3. The molecule has 0 saturated carbocycles. The van der Waals surface area contributed by atoms with Gasteiger partial charge in [-0.1, -0.05) is 45.9 Å². The number of aliphatic hydroxyl groups is 1. The van der Waals surface area contributed by atoms with Crippen LogP contribution in [0.1, 0.15) is 67.6 Å². The quantitative estimate of drug-likeness (QED) is 0.494. The van der Waals surface area contributed by atoms with E-state index in [1.54, 1.807) is 0 Å². The molecule has 5 nitrogen and oxygen atoms in total. The van der Waals surface area contributed by atoms with Gasteiger partial charge in [-0.2, -0.15) is 0 Å². The molecule has 1 heterocycles. The van der Waals surface area contributed by atoms with Gasteiger partial charge in [-0.25, -0.2) is 0 Å². The molecule has 0 unspecified atom stereocenters. The topological polar surface area (TPSA) is 72.8 Å². The van der Waals surface area contributed by atoms with Crippen molar-refractivity contribution in [3.05, 3.63) is 23.8 Å². The fourth-order valence-electron chi connectivity index (χ4n) is 5.07. The van der Waals surface area contributed by atoms with Crippen LogP contribution in [-0.4, -0.2) is 35.4 Å². The normalized spacial score (nSPS) is 36.6. The first kappa shape index (κ1) is 26.3. The Hall–Kier alpha value is 0.0164. The minimum absolute atomic E-state index is 0. The summed E-state index contributed by atoms with van der Waals surface area (Å²) in [5.41, 5.74) is 1.27. The van der Waals surface area contributed by atoms with Crippen LogP contribution in [0.2, 0.25) is 0 Å². The van der Waals surface area contributed by atoms with Crippen molar-refractivity contribution in [2.45, 2.75) is 84.5 Å². The molecule has 8 atom stereocenters. The van der Waals surface area contributed by atoms with Gasteiger partial charge < -0.3 is 16.0 Å². The molecule has 1 aliphatic heterocycles. The summed E-state index contributed by atoms with van der Waals surface area (Å²) in [5, 5.41) is 9.89. The molecule has 0 aromatic heterocycles. The average Bonchev–Trinajstić information content (AvgIpc) is 2.65. The van der Waals surface area contributed by atoms with Crippen LogP contribution >= 0.6 is 0 Å². The molecule has 2 aliphatic carbocycles. The molecule has 6 heteroatoms. The van der Waals surface area contributed by atoms with Crippen LogP contribution < -0.4 is 51.4 Å². The van der Waals surface area contributed by atoms with E-state index in [0.717, 1.165) is 25.7 Å². The second-order valence-corrected chi connectivity index (χ2v) is 9.36. The Morgan fingerprint density at radius 3 is 2.73 bits per heavy atom. The molecule has 164 valence electrons. The van der Waals surface area contributed by atoms with Gasteiger partial charge in [0.05, 0.1) is 18.4 Å². The third-order valence-electron chi connectivity index (χ3n) is 6.93. The number of aliphatic hydroxyl groups excluding tert-OH is 1.